The highest BCUT2D eigenvalue weighted by molar-refractivity contribution is 7.99. The largest absolute Gasteiger partial charge is 0.497 e. The van der Waals surface area contributed by atoms with Crippen LogP contribution in [0.3, 0.4) is 0 Å². The monoisotopic (exact) mass is 515 g/mol. The molecule has 0 spiro atoms. The molecule has 9 heteroatoms. The van der Waals surface area contributed by atoms with Gasteiger partial charge in [-0.2, -0.15) is 0 Å². The minimum absolute atomic E-state index is 0.130. The lowest BCUT2D eigenvalue weighted by atomic mass is 10.1. The Morgan fingerprint density at radius 1 is 1.05 bits per heavy atom. The maximum Gasteiger partial charge on any atom is 0.234 e. The van der Waals surface area contributed by atoms with Gasteiger partial charge in [0.2, 0.25) is 11.8 Å². The lowest BCUT2D eigenvalue weighted by molar-refractivity contribution is -0.121. The second-order valence-corrected chi connectivity index (χ2v) is 9.36. The average Bonchev–Trinajstić information content (AvgIpc) is 3.31. The Bertz CT molecular complexity index is 1400. The van der Waals surface area contributed by atoms with Gasteiger partial charge in [-0.15, -0.1) is 16.8 Å². The van der Waals surface area contributed by atoms with Crippen molar-refractivity contribution < 1.29 is 14.3 Å². The number of carbonyl (C=O) groups excluding carboxylic acids is 2. The van der Waals surface area contributed by atoms with Crippen molar-refractivity contribution in [2.24, 2.45) is 0 Å². The van der Waals surface area contributed by atoms with E-state index in [9.17, 15) is 9.59 Å². The average molecular weight is 516 g/mol. The van der Waals surface area contributed by atoms with Crippen molar-refractivity contribution in [3.05, 3.63) is 90.8 Å². The van der Waals surface area contributed by atoms with Crippen molar-refractivity contribution in [1.82, 2.24) is 20.1 Å². The second-order valence-electron chi connectivity index (χ2n) is 8.42. The number of anilines is 1. The number of hydrogen-bond acceptors (Lipinski definition) is 6. The Balaban J connectivity index is 1.38. The Morgan fingerprint density at radius 2 is 1.81 bits per heavy atom. The maximum absolute atomic E-state index is 12.7. The van der Waals surface area contributed by atoms with Gasteiger partial charge in [-0.25, -0.2) is 0 Å². The van der Waals surface area contributed by atoms with Crippen LogP contribution in [-0.4, -0.2) is 39.4 Å². The van der Waals surface area contributed by atoms with Gasteiger partial charge in [0, 0.05) is 17.6 Å². The number of hydrogen-bond donors (Lipinski definition) is 2. The molecule has 2 N–H and O–H groups in total. The van der Waals surface area contributed by atoms with Crippen LogP contribution in [0, 0.1) is 0 Å². The smallest absolute Gasteiger partial charge is 0.234 e. The normalized spacial score (nSPS) is 11.6. The van der Waals surface area contributed by atoms with E-state index in [1.165, 1.54) is 11.8 Å². The zero-order valence-corrected chi connectivity index (χ0v) is 21.6. The van der Waals surface area contributed by atoms with E-state index in [0.29, 0.717) is 17.5 Å². The molecule has 1 heterocycles. The summed E-state index contributed by atoms with van der Waals surface area (Å²) in [7, 11) is 1.60. The minimum atomic E-state index is -0.378. The van der Waals surface area contributed by atoms with Crippen LogP contribution in [0.2, 0.25) is 0 Å². The first-order chi connectivity index (χ1) is 18.0. The van der Waals surface area contributed by atoms with Gasteiger partial charge in [0.05, 0.1) is 25.3 Å². The van der Waals surface area contributed by atoms with E-state index in [1.54, 1.807) is 13.2 Å². The SMILES string of the molecule is C=CCn1c(SCC(=O)Nc2cccc3ccccc23)nnc1[C@H](C)NC(=O)Cc1ccc(OC)cc1. The molecule has 4 aromatic rings. The van der Waals surface area contributed by atoms with Crippen molar-refractivity contribution in [3.63, 3.8) is 0 Å². The molecule has 1 aromatic heterocycles. The van der Waals surface area contributed by atoms with E-state index in [4.69, 9.17) is 4.74 Å². The maximum atomic E-state index is 12.7. The second kappa shape index (κ2) is 12.2. The van der Waals surface area contributed by atoms with Gasteiger partial charge in [0.1, 0.15) is 5.75 Å². The summed E-state index contributed by atoms with van der Waals surface area (Å²) in [6, 6.07) is 20.7. The Hall–Kier alpha value is -4.11. The Kier molecular flexibility index (Phi) is 8.58. The third-order valence-corrected chi connectivity index (χ3v) is 6.71. The highest BCUT2D eigenvalue weighted by Gasteiger charge is 2.20. The molecule has 0 saturated heterocycles. The molecule has 0 saturated carbocycles. The van der Waals surface area contributed by atoms with Crippen LogP contribution in [0.5, 0.6) is 5.75 Å². The summed E-state index contributed by atoms with van der Waals surface area (Å²) >= 11 is 1.29. The Labute approximate surface area is 220 Å². The fraction of sp³-hybridized carbons (Fsp3) is 0.214. The fourth-order valence-electron chi connectivity index (χ4n) is 3.96. The molecular weight excluding hydrogens is 486 g/mol. The van der Waals surface area contributed by atoms with Gasteiger partial charge in [-0.1, -0.05) is 66.4 Å². The van der Waals surface area contributed by atoms with Gasteiger partial charge in [0.15, 0.2) is 11.0 Å². The number of nitrogens with one attached hydrogen (secondary N) is 2. The number of amides is 2. The summed E-state index contributed by atoms with van der Waals surface area (Å²) in [4.78, 5) is 25.4. The number of carbonyl (C=O) groups is 2. The van der Waals surface area contributed by atoms with Crippen molar-refractivity contribution in [3.8, 4) is 5.75 Å². The summed E-state index contributed by atoms with van der Waals surface area (Å²) in [5.74, 6) is 1.23. The van der Waals surface area contributed by atoms with Crippen LogP contribution in [0.1, 0.15) is 24.4 Å². The molecule has 0 aliphatic rings. The van der Waals surface area contributed by atoms with Crippen LogP contribution in [0.25, 0.3) is 10.8 Å². The highest BCUT2D eigenvalue weighted by Crippen LogP contribution is 2.25. The van der Waals surface area contributed by atoms with Gasteiger partial charge in [-0.05, 0) is 36.1 Å². The quantitative estimate of drug-likeness (QED) is 0.220. The van der Waals surface area contributed by atoms with E-state index < -0.39 is 0 Å². The lowest BCUT2D eigenvalue weighted by Gasteiger charge is -2.15. The number of ether oxygens (including phenoxy) is 1. The first kappa shape index (κ1) is 26.0. The molecular formula is C28H29N5O3S. The number of allylic oxidation sites excluding steroid dienone is 1. The van der Waals surface area contributed by atoms with Crippen molar-refractivity contribution in [2.75, 3.05) is 18.2 Å². The predicted octanol–water partition coefficient (Wildman–Crippen LogP) is 4.78. The molecule has 4 rings (SSSR count). The van der Waals surface area contributed by atoms with Crippen LogP contribution >= 0.6 is 11.8 Å². The minimum Gasteiger partial charge on any atom is -0.497 e. The van der Waals surface area contributed by atoms with E-state index in [1.807, 2.05) is 78.2 Å². The first-order valence-corrected chi connectivity index (χ1v) is 12.8. The molecule has 0 bridgehead atoms. The molecule has 1 atom stereocenters. The molecule has 2 amide bonds. The number of methoxy groups -OCH3 is 1. The number of benzene rings is 3. The number of rotatable bonds is 11. The van der Waals surface area contributed by atoms with Gasteiger partial charge >= 0.3 is 0 Å². The topological polar surface area (TPSA) is 98.1 Å². The molecule has 8 nitrogen and oxygen atoms in total. The van der Waals surface area contributed by atoms with E-state index in [2.05, 4.69) is 27.4 Å². The van der Waals surface area contributed by atoms with Crippen molar-refractivity contribution >= 4 is 40.0 Å². The van der Waals surface area contributed by atoms with Crippen LogP contribution in [0.4, 0.5) is 5.69 Å². The first-order valence-electron chi connectivity index (χ1n) is 11.8. The van der Waals surface area contributed by atoms with Crippen LogP contribution in [0.15, 0.2) is 84.5 Å². The van der Waals surface area contributed by atoms with Crippen molar-refractivity contribution in [2.45, 2.75) is 31.1 Å². The molecule has 0 aliphatic heterocycles. The van der Waals surface area contributed by atoms with Crippen LogP contribution in [-0.2, 0) is 22.6 Å². The lowest BCUT2D eigenvalue weighted by Crippen LogP contribution is -2.30. The van der Waals surface area contributed by atoms with Gasteiger partial charge in [0.25, 0.3) is 0 Å². The highest BCUT2D eigenvalue weighted by atomic mass is 32.2. The standard InChI is InChI=1S/C28H29N5O3S/c1-4-16-33-27(19(2)29-25(34)17-20-12-14-22(36-3)15-13-20)31-32-28(33)37-18-26(35)30-24-11-7-9-21-8-5-6-10-23(21)24/h4-15,19H,1,16-18H2,2-3H3,(H,29,34)(H,30,35)/t19-/m0/s1. The van der Waals surface area contributed by atoms with Crippen LogP contribution < -0.4 is 15.4 Å². The van der Waals surface area contributed by atoms with E-state index in [0.717, 1.165) is 27.8 Å². The van der Waals surface area contributed by atoms with Crippen molar-refractivity contribution in [1.29, 1.82) is 0 Å². The summed E-state index contributed by atoms with van der Waals surface area (Å²) in [6.07, 6.45) is 1.97. The number of thioether (sulfide) groups is 1. The summed E-state index contributed by atoms with van der Waals surface area (Å²) in [6.45, 7) is 6.14. The number of nitrogens with zero attached hydrogens (tertiary/aromatic N) is 3. The summed E-state index contributed by atoms with van der Waals surface area (Å²) in [5, 5.41) is 17.2. The predicted molar refractivity (Wildman–Crippen MR) is 147 cm³/mol. The molecule has 190 valence electrons. The Morgan fingerprint density at radius 3 is 2.57 bits per heavy atom. The molecule has 0 aliphatic carbocycles. The molecule has 0 unspecified atom stereocenters. The number of aromatic nitrogens is 3. The summed E-state index contributed by atoms with van der Waals surface area (Å²) in [5.41, 5.74) is 1.65. The zero-order valence-electron chi connectivity index (χ0n) is 20.8. The van der Waals surface area contributed by atoms with Gasteiger partial charge in [-0.3, -0.25) is 9.59 Å². The van der Waals surface area contributed by atoms with E-state index in [-0.39, 0.29) is 30.0 Å². The third kappa shape index (κ3) is 6.56. The van der Waals surface area contributed by atoms with E-state index >= 15 is 0 Å². The fourth-order valence-corrected chi connectivity index (χ4v) is 4.72. The molecule has 0 fully saturated rings. The summed E-state index contributed by atoms with van der Waals surface area (Å²) < 4.78 is 7.02. The zero-order chi connectivity index (χ0) is 26.2. The molecule has 3 aromatic carbocycles. The van der Waals surface area contributed by atoms with Gasteiger partial charge < -0.3 is 19.9 Å². The molecule has 0 radical (unpaired) electrons. The third-order valence-electron chi connectivity index (χ3n) is 5.74. The number of fused-ring (bicyclic) bond motifs is 1. The molecule has 37 heavy (non-hydrogen) atoms.